The summed E-state index contributed by atoms with van der Waals surface area (Å²) < 4.78 is 15.5. The third-order valence-electron chi connectivity index (χ3n) is 3.43. The van der Waals surface area contributed by atoms with Crippen LogP contribution in [0.25, 0.3) is 0 Å². The zero-order valence-electron chi connectivity index (χ0n) is 11.5. The first kappa shape index (κ1) is 14.1. The summed E-state index contributed by atoms with van der Waals surface area (Å²) in [5, 5.41) is 3.32. The van der Waals surface area contributed by atoms with Crippen LogP contribution in [-0.2, 0) is 16.0 Å². The summed E-state index contributed by atoms with van der Waals surface area (Å²) in [4.78, 5) is 11.4. The van der Waals surface area contributed by atoms with Crippen molar-refractivity contribution in [1.82, 2.24) is 5.32 Å². The number of nitrogens with one attached hydrogen (secondary N) is 1. The predicted octanol–water partition coefficient (Wildman–Crippen LogP) is 1.89. The number of methoxy groups -OCH3 is 1. The highest BCUT2D eigenvalue weighted by molar-refractivity contribution is 5.90. The number of carbonyl (C=O) groups is 1. The number of esters is 1. The van der Waals surface area contributed by atoms with Crippen LogP contribution in [0.3, 0.4) is 0 Å². The van der Waals surface area contributed by atoms with E-state index in [0.29, 0.717) is 23.8 Å². The fraction of sp³-hybridized carbons (Fsp3) is 0.643. The van der Waals surface area contributed by atoms with Gasteiger partial charge in [-0.25, -0.2) is 4.79 Å². The molecule has 5 heteroatoms. The fourth-order valence-electron chi connectivity index (χ4n) is 2.27. The molecule has 0 spiro atoms. The Bertz CT molecular complexity index is 421. The Hall–Kier alpha value is -1.33. The molecule has 19 heavy (non-hydrogen) atoms. The second-order valence-corrected chi connectivity index (χ2v) is 4.87. The quantitative estimate of drug-likeness (QED) is 0.630. The van der Waals surface area contributed by atoms with Crippen LogP contribution >= 0.6 is 0 Å². The van der Waals surface area contributed by atoms with Crippen molar-refractivity contribution >= 4 is 5.97 Å². The van der Waals surface area contributed by atoms with Gasteiger partial charge in [-0.3, -0.25) is 0 Å². The van der Waals surface area contributed by atoms with Crippen molar-refractivity contribution in [2.75, 3.05) is 26.9 Å². The van der Waals surface area contributed by atoms with E-state index in [1.807, 2.05) is 0 Å². The Kier molecular flexibility index (Phi) is 4.99. The molecule has 106 valence electrons. The maximum Gasteiger partial charge on any atom is 0.341 e. The van der Waals surface area contributed by atoms with Crippen molar-refractivity contribution in [3.63, 3.8) is 0 Å². The number of rotatable bonds is 6. The standard InChI is InChI=1S/C14H21NO4/c1-10-13(14(16)17-2)7-12(19-10)8-15-5-3-11-4-6-18-9-11/h7,11,15H,3-6,8-9H2,1-2H3. The Labute approximate surface area is 113 Å². The molecule has 0 aromatic carbocycles. The first-order valence-corrected chi connectivity index (χ1v) is 6.66. The summed E-state index contributed by atoms with van der Waals surface area (Å²) in [5.74, 6) is 1.69. The number of hydrogen-bond donors (Lipinski definition) is 1. The van der Waals surface area contributed by atoms with Gasteiger partial charge in [0.25, 0.3) is 0 Å². The van der Waals surface area contributed by atoms with Gasteiger partial charge in [0.1, 0.15) is 17.1 Å². The Morgan fingerprint density at radius 2 is 2.42 bits per heavy atom. The fourth-order valence-corrected chi connectivity index (χ4v) is 2.27. The summed E-state index contributed by atoms with van der Waals surface area (Å²) in [6, 6.07) is 1.74. The second kappa shape index (κ2) is 6.73. The molecule has 1 atom stereocenters. The van der Waals surface area contributed by atoms with E-state index in [4.69, 9.17) is 13.9 Å². The Balaban J connectivity index is 1.75. The lowest BCUT2D eigenvalue weighted by Gasteiger charge is -2.07. The number of furan rings is 1. The monoisotopic (exact) mass is 267 g/mol. The van der Waals surface area contributed by atoms with Crippen LogP contribution in [0.4, 0.5) is 0 Å². The number of ether oxygens (including phenoxy) is 2. The molecular weight excluding hydrogens is 246 g/mol. The van der Waals surface area contributed by atoms with Crippen LogP contribution in [0.15, 0.2) is 10.5 Å². The molecule has 0 radical (unpaired) electrons. The van der Waals surface area contributed by atoms with Gasteiger partial charge in [-0.15, -0.1) is 0 Å². The molecule has 1 unspecified atom stereocenters. The van der Waals surface area contributed by atoms with Crippen molar-refractivity contribution in [2.45, 2.75) is 26.3 Å². The minimum Gasteiger partial charge on any atom is -0.465 e. The van der Waals surface area contributed by atoms with Crippen molar-refractivity contribution in [3.8, 4) is 0 Å². The van der Waals surface area contributed by atoms with Gasteiger partial charge in [0.2, 0.25) is 0 Å². The van der Waals surface area contributed by atoms with Gasteiger partial charge in [0, 0.05) is 13.2 Å². The van der Waals surface area contributed by atoms with E-state index in [1.165, 1.54) is 7.11 Å². The average Bonchev–Trinajstić information content (AvgIpc) is 3.03. The summed E-state index contributed by atoms with van der Waals surface area (Å²) in [5.41, 5.74) is 0.503. The van der Waals surface area contributed by atoms with Gasteiger partial charge in [-0.2, -0.15) is 0 Å². The van der Waals surface area contributed by atoms with E-state index < -0.39 is 0 Å². The minimum absolute atomic E-state index is 0.351. The first-order valence-electron chi connectivity index (χ1n) is 6.66. The molecule has 2 rings (SSSR count). The summed E-state index contributed by atoms with van der Waals surface area (Å²) in [7, 11) is 1.37. The molecule has 1 aliphatic rings. The van der Waals surface area contributed by atoms with E-state index in [-0.39, 0.29) is 5.97 Å². The van der Waals surface area contributed by atoms with E-state index in [0.717, 1.165) is 38.4 Å². The van der Waals surface area contributed by atoms with E-state index in [1.54, 1.807) is 13.0 Å². The molecule has 2 heterocycles. The molecular formula is C14H21NO4. The van der Waals surface area contributed by atoms with Crippen LogP contribution in [0.2, 0.25) is 0 Å². The van der Waals surface area contributed by atoms with E-state index in [2.05, 4.69) is 5.32 Å². The van der Waals surface area contributed by atoms with Gasteiger partial charge in [0.15, 0.2) is 0 Å². The van der Waals surface area contributed by atoms with Crippen molar-refractivity contribution in [3.05, 3.63) is 23.2 Å². The molecule has 1 saturated heterocycles. The molecule has 1 N–H and O–H groups in total. The molecule has 1 aromatic rings. The normalized spacial score (nSPS) is 18.7. The summed E-state index contributed by atoms with van der Waals surface area (Å²) in [6.45, 7) is 5.11. The third kappa shape index (κ3) is 3.81. The molecule has 5 nitrogen and oxygen atoms in total. The van der Waals surface area contributed by atoms with Crippen molar-refractivity contribution in [1.29, 1.82) is 0 Å². The Morgan fingerprint density at radius 1 is 1.58 bits per heavy atom. The highest BCUT2D eigenvalue weighted by Gasteiger charge is 2.16. The molecule has 0 saturated carbocycles. The Morgan fingerprint density at radius 3 is 3.11 bits per heavy atom. The highest BCUT2D eigenvalue weighted by Crippen LogP contribution is 2.17. The van der Waals surface area contributed by atoms with Crippen molar-refractivity contribution < 1.29 is 18.7 Å². The summed E-state index contributed by atoms with van der Waals surface area (Å²) in [6.07, 6.45) is 2.28. The average molecular weight is 267 g/mol. The maximum absolute atomic E-state index is 11.4. The number of aryl methyl sites for hydroxylation is 1. The van der Waals surface area contributed by atoms with Gasteiger partial charge in [-0.1, -0.05) is 0 Å². The van der Waals surface area contributed by atoms with Crippen LogP contribution in [0, 0.1) is 12.8 Å². The van der Waals surface area contributed by atoms with Gasteiger partial charge in [0.05, 0.1) is 13.7 Å². The molecule has 1 aromatic heterocycles. The zero-order chi connectivity index (χ0) is 13.7. The highest BCUT2D eigenvalue weighted by atomic mass is 16.5. The van der Waals surface area contributed by atoms with E-state index in [9.17, 15) is 4.79 Å². The lowest BCUT2D eigenvalue weighted by Crippen LogP contribution is -2.17. The van der Waals surface area contributed by atoms with Crippen LogP contribution < -0.4 is 5.32 Å². The third-order valence-corrected chi connectivity index (χ3v) is 3.43. The number of hydrogen-bond acceptors (Lipinski definition) is 5. The number of carbonyl (C=O) groups excluding carboxylic acids is 1. The minimum atomic E-state index is -0.351. The lowest BCUT2D eigenvalue weighted by molar-refractivity contribution is 0.0599. The topological polar surface area (TPSA) is 60.7 Å². The van der Waals surface area contributed by atoms with E-state index >= 15 is 0 Å². The molecule has 1 fully saturated rings. The van der Waals surface area contributed by atoms with Crippen LogP contribution in [0.5, 0.6) is 0 Å². The molecule has 1 aliphatic heterocycles. The SMILES string of the molecule is COC(=O)c1cc(CNCCC2CCOC2)oc1C. The summed E-state index contributed by atoms with van der Waals surface area (Å²) >= 11 is 0. The van der Waals surface area contributed by atoms with Crippen LogP contribution in [-0.4, -0.2) is 32.8 Å². The van der Waals surface area contributed by atoms with Crippen molar-refractivity contribution in [2.24, 2.45) is 5.92 Å². The molecule has 0 bridgehead atoms. The van der Waals surface area contributed by atoms with Gasteiger partial charge < -0.3 is 19.2 Å². The second-order valence-electron chi connectivity index (χ2n) is 4.87. The largest absolute Gasteiger partial charge is 0.465 e. The lowest BCUT2D eigenvalue weighted by atomic mass is 10.1. The molecule has 0 amide bonds. The zero-order valence-corrected chi connectivity index (χ0v) is 11.5. The van der Waals surface area contributed by atoms with Gasteiger partial charge in [-0.05, 0) is 38.3 Å². The molecule has 0 aliphatic carbocycles. The smallest absolute Gasteiger partial charge is 0.341 e. The maximum atomic E-state index is 11.4. The predicted molar refractivity (Wildman–Crippen MR) is 70.0 cm³/mol. The van der Waals surface area contributed by atoms with Gasteiger partial charge >= 0.3 is 5.97 Å². The van der Waals surface area contributed by atoms with Crippen LogP contribution in [0.1, 0.15) is 34.7 Å². The first-order chi connectivity index (χ1) is 9.20.